The standard InChI is InChI=1S/C22H32N2O3/c1-6-13-26-19-11-10-18(17-9-8-12-23-20(17)19)24-21(25)22(5,15-16(3)4)27-14-7-2/h8-12,16H,6-7,13-15H2,1-5H3,(H,24,25). The Hall–Kier alpha value is -2.14. The minimum absolute atomic E-state index is 0.128. The van der Waals surface area contributed by atoms with Crippen LogP contribution in [0.1, 0.15) is 53.9 Å². The molecule has 0 spiro atoms. The van der Waals surface area contributed by atoms with Gasteiger partial charge in [-0.1, -0.05) is 27.7 Å². The number of carbonyl (C=O) groups excluding carboxylic acids is 1. The summed E-state index contributed by atoms with van der Waals surface area (Å²) < 4.78 is 11.8. The number of hydrogen-bond donors (Lipinski definition) is 1. The molecule has 0 bridgehead atoms. The SMILES string of the molecule is CCCOc1ccc(NC(=O)C(C)(CC(C)C)OCCC)c2cccnc12. The van der Waals surface area contributed by atoms with Crippen molar-refractivity contribution in [2.45, 2.75) is 59.5 Å². The fourth-order valence-electron chi connectivity index (χ4n) is 3.16. The lowest BCUT2D eigenvalue weighted by Crippen LogP contribution is -2.44. The Morgan fingerprint density at radius 2 is 1.93 bits per heavy atom. The highest BCUT2D eigenvalue weighted by molar-refractivity contribution is 6.05. The van der Waals surface area contributed by atoms with Crippen molar-refractivity contribution in [1.29, 1.82) is 0 Å². The molecule has 0 saturated carbocycles. The summed E-state index contributed by atoms with van der Waals surface area (Å²) >= 11 is 0. The van der Waals surface area contributed by atoms with Crippen molar-refractivity contribution in [2.75, 3.05) is 18.5 Å². The van der Waals surface area contributed by atoms with Gasteiger partial charge in [-0.3, -0.25) is 9.78 Å². The van der Waals surface area contributed by atoms with Crippen LogP contribution < -0.4 is 10.1 Å². The summed E-state index contributed by atoms with van der Waals surface area (Å²) in [5.41, 5.74) is 0.613. The summed E-state index contributed by atoms with van der Waals surface area (Å²) in [4.78, 5) is 17.5. The number of pyridine rings is 1. The van der Waals surface area contributed by atoms with E-state index in [0.29, 0.717) is 25.6 Å². The smallest absolute Gasteiger partial charge is 0.256 e. The number of rotatable bonds is 10. The van der Waals surface area contributed by atoms with Crippen LogP contribution in [0.3, 0.4) is 0 Å². The van der Waals surface area contributed by atoms with Gasteiger partial charge in [-0.2, -0.15) is 0 Å². The van der Waals surface area contributed by atoms with E-state index >= 15 is 0 Å². The quantitative estimate of drug-likeness (QED) is 0.623. The molecule has 1 aromatic carbocycles. The molecule has 27 heavy (non-hydrogen) atoms. The van der Waals surface area contributed by atoms with Crippen molar-refractivity contribution in [1.82, 2.24) is 4.98 Å². The van der Waals surface area contributed by atoms with Crippen LogP contribution in [0.2, 0.25) is 0 Å². The van der Waals surface area contributed by atoms with Crippen molar-refractivity contribution < 1.29 is 14.3 Å². The second-order valence-corrected chi connectivity index (χ2v) is 7.49. The van der Waals surface area contributed by atoms with Gasteiger partial charge in [-0.05, 0) is 56.4 Å². The Morgan fingerprint density at radius 1 is 1.19 bits per heavy atom. The third kappa shape index (κ3) is 5.42. The summed E-state index contributed by atoms with van der Waals surface area (Å²) in [7, 11) is 0. The third-order valence-electron chi connectivity index (χ3n) is 4.35. The molecule has 148 valence electrons. The fourth-order valence-corrected chi connectivity index (χ4v) is 3.16. The summed E-state index contributed by atoms with van der Waals surface area (Å²) in [5.74, 6) is 0.954. The molecule has 1 heterocycles. The molecule has 5 nitrogen and oxygen atoms in total. The third-order valence-corrected chi connectivity index (χ3v) is 4.35. The first-order chi connectivity index (χ1) is 12.9. The number of hydrogen-bond acceptors (Lipinski definition) is 4. The van der Waals surface area contributed by atoms with Crippen LogP contribution in [0.4, 0.5) is 5.69 Å². The highest BCUT2D eigenvalue weighted by Crippen LogP contribution is 2.31. The van der Waals surface area contributed by atoms with Gasteiger partial charge >= 0.3 is 0 Å². The number of amides is 1. The van der Waals surface area contributed by atoms with E-state index < -0.39 is 5.60 Å². The molecule has 2 aromatic rings. The average molecular weight is 373 g/mol. The topological polar surface area (TPSA) is 60.5 Å². The van der Waals surface area contributed by atoms with Gasteiger partial charge in [0.05, 0.1) is 12.3 Å². The normalized spacial score (nSPS) is 13.6. The van der Waals surface area contributed by atoms with E-state index in [-0.39, 0.29) is 5.91 Å². The van der Waals surface area contributed by atoms with Gasteiger partial charge in [-0.25, -0.2) is 0 Å². The van der Waals surface area contributed by atoms with E-state index in [1.165, 1.54) is 0 Å². The van der Waals surface area contributed by atoms with Crippen molar-refractivity contribution in [3.8, 4) is 5.75 Å². The van der Waals surface area contributed by atoms with E-state index in [0.717, 1.165) is 35.2 Å². The first-order valence-corrected chi connectivity index (χ1v) is 9.87. The van der Waals surface area contributed by atoms with Gasteiger partial charge < -0.3 is 14.8 Å². The van der Waals surface area contributed by atoms with Crippen LogP contribution in [0.15, 0.2) is 30.5 Å². The summed E-state index contributed by atoms with van der Waals surface area (Å²) in [6.45, 7) is 11.4. The second kappa shape index (κ2) is 9.70. The zero-order valence-electron chi connectivity index (χ0n) is 17.2. The van der Waals surface area contributed by atoms with Crippen LogP contribution in [-0.4, -0.2) is 29.7 Å². The summed E-state index contributed by atoms with van der Waals surface area (Å²) in [5, 5.41) is 3.93. The van der Waals surface area contributed by atoms with E-state index in [4.69, 9.17) is 9.47 Å². The lowest BCUT2D eigenvalue weighted by Gasteiger charge is -2.30. The minimum atomic E-state index is -0.865. The Kier molecular flexibility index (Phi) is 7.60. The average Bonchev–Trinajstić information content (AvgIpc) is 2.65. The van der Waals surface area contributed by atoms with E-state index in [9.17, 15) is 4.79 Å². The van der Waals surface area contributed by atoms with E-state index in [2.05, 4.69) is 31.1 Å². The predicted molar refractivity (Wildman–Crippen MR) is 110 cm³/mol. The maximum absolute atomic E-state index is 13.1. The van der Waals surface area contributed by atoms with Gasteiger partial charge in [0.1, 0.15) is 16.9 Å². The Balaban J connectivity index is 2.32. The second-order valence-electron chi connectivity index (χ2n) is 7.49. The molecule has 0 aliphatic carbocycles. The fraction of sp³-hybridized carbons (Fsp3) is 0.545. The van der Waals surface area contributed by atoms with Crippen LogP contribution >= 0.6 is 0 Å². The number of fused-ring (bicyclic) bond motifs is 1. The Morgan fingerprint density at radius 3 is 2.59 bits per heavy atom. The maximum atomic E-state index is 13.1. The molecule has 2 rings (SSSR count). The van der Waals surface area contributed by atoms with Crippen LogP contribution in [0.25, 0.3) is 10.9 Å². The lowest BCUT2D eigenvalue weighted by atomic mass is 9.92. The molecule has 0 fully saturated rings. The first kappa shape index (κ1) is 21.2. The molecule has 1 amide bonds. The molecular formula is C22H32N2O3. The van der Waals surface area contributed by atoms with Crippen LogP contribution in [0.5, 0.6) is 5.75 Å². The molecule has 1 N–H and O–H groups in total. The summed E-state index contributed by atoms with van der Waals surface area (Å²) in [6, 6.07) is 7.56. The van der Waals surface area contributed by atoms with Gasteiger partial charge in [0, 0.05) is 18.2 Å². The Labute approximate surface area is 162 Å². The first-order valence-electron chi connectivity index (χ1n) is 9.87. The highest BCUT2D eigenvalue weighted by atomic mass is 16.5. The monoisotopic (exact) mass is 372 g/mol. The number of anilines is 1. The van der Waals surface area contributed by atoms with Crippen molar-refractivity contribution in [3.63, 3.8) is 0 Å². The predicted octanol–water partition coefficient (Wildman–Crippen LogP) is 5.19. The molecule has 1 unspecified atom stereocenters. The van der Waals surface area contributed by atoms with Crippen molar-refractivity contribution >= 4 is 22.5 Å². The molecular weight excluding hydrogens is 340 g/mol. The minimum Gasteiger partial charge on any atom is -0.491 e. The van der Waals surface area contributed by atoms with Crippen molar-refractivity contribution in [3.05, 3.63) is 30.5 Å². The lowest BCUT2D eigenvalue weighted by molar-refractivity contribution is -0.141. The maximum Gasteiger partial charge on any atom is 0.256 e. The molecule has 0 aliphatic heterocycles. The molecule has 1 atom stereocenters. The molecule has 5 heteroatoms. The van der Waals surface area contributed by atoms with Gasteiger partial charge in [-0.15, -0.1) is 0 Å². The molecule has 0 aliphatic rings. The van der Waals surface area contributed by atoms with Crippen molar-refractivity contribution in [2.24, 2.45) is 5.92 Å². The van der Waals surface area contributed by atoms with Gasteiger partial charge in [0.15, 0.2) is 0 Å². The number of nitrogens with one attached hydrogen (secondary N) is 1. The zero-order valence-corrected chi connectivity index (χ0v) is 17.2. The Bertz CT molecular complexity index is 760. The highest BCUT2D eigenvalue weighted by Gasteiger charge is 2.35. The summed E-state index contributed by atoms with van der Waals surface area (Å²) in [6.07, 6.45) is 4.19. The van der Waals surface area contributed by atoms with Crippen LogP contribution in [-0.2, 0) is 9.53 Å². The molecule has 0 saturated heterocycles. The zero-order chi connectivity index (χ0) is 19.9. The molecule has 0 radical (unpaired) electrons. The van der Waals surface area contributed by atoms with E-state index in [1.54, 1.807) is 6.20 Å². The number of carbonyl (C=O) groups is 1. The number of aromatic nitrogens is 1. The largest absolute Gasteiger partial charge is 0.491 e. The van der Waals surface area contributed by atoms with Crippen LogP contribution in [0, 0.1) is 5.92 Å². The van der Waals surface area contributed by atoms with Gasteiger partial charge in [0.2, 0.25) is 0 Å². The van der Waals surface area contributed by atoms with E-state index in [1.807, 2.05) is 38.1 Å². The molecule has 1 aromatic heterocycles. The number of ether oxygens (including phenoxy) is 2. The number of nitrogens with zero attached hydrogens (tertiary/aromatic N) is 1. The number of benzene rings is 1. The van der Waals surface area contributed by atoms with Gasteiger partial charge in [0.25, 0.3) is 5.91 Å².